The Labute approximate surface area is 519 Å². The minimum atomic E-state index is -1.65. The van der Waals surface area contributed by atoms with Crippen LogP contribution < -0.4 is 5.11 Å². The molecule has 0 fully saturated rings. The molecule has 0 aromatic carbocycles. The maximum Gasteiger partial charge on any atom is 0.306 e. The molecule has 2 atom stereocenters. The third kappa shape index (κ3) is 65.5. The van der Waals surface area contributed by atoms with Gasteiger partial charge in [-0.3, -0.25) is 9.59 Å². The Kier molecular flexibility index (Phi) is 59.7. The average Bonchev–Trinajstić information content (AvgIpc) is 3.49. The largest absolute Gasteiger partial charge is 0.545 e. The summed E-state index contributed by atoms with van der Waals surface area (Å²) in [6.07, 6.45) is 96.4. The summed E-state index contributed by atoms with van der Waals surface area (Å²) in [6.45, 7) is 4.44. The Morgan fingerprint density at radius 1 is 0.353 bits per heavy atom. The molecule has 0 saturated heterocycles. The third-order valence-electron chi connectivity index (χ3n) is 12.8. The molecule has 0 saturated carbocycles. The molecule has 0 amide bonds. The van der Waals surface area contributed by atoms with E-state index in [0.29, 0.717) is 23.9 Å². The van der Waals surface area contributed by atoms with Gasteiger partial charge in [0.15, 0.2) is 12.4 Å². The number of carbonyl (C=O) groups is 3. The number of esters is 2. The Morgan fingerprint density at radius 2 is 0.635 bits per heavy atom. The van der Waals surface area contributed by atoms with Gasteiger partial charge >= 0.3 is 11.9 Å². The molecule has 9 nitrogen and oxygen atoms in total. The van der Waals surface area contributed by atoms with Gasteiger partial charge in [0.2, 0.25) is 0 Å². The topological polar surface area (TPSA) is 111 Å². The van der Waals surface area contributed by atoms with Crippen LogP contribution in [0.5, 0.6) is 0 Å². The minimum absolute atomic E-state index is 0.128. The summed E-state index contributed by atoms with van der Waals surface area (Å²) in [4.78, 5) is 37.4. The SMILES string of the molecule is CC/C=C\C/C=C\C/C=C\C/C=C\C/C=C\C/C=C\C/C=C\C/C=C\C/C=C\C/C=C\C/C=C\C/C=C\CCCCCCC(=O)OC(COC(=O)CCCCCCCC/C=C\C/C=C\C/C=C\C/C=C\CC)COC(OCC[N+](C)(C)C)C(=O)[O-]. The molecule has 0 aromatic heterocycles. The van der Waals surface area contributed by atoms with Crippen LogP contribution in [0.1, 0.15) is 206 Å². The molecule has 0 N–H and O–H groups in total. The smallest absolute Gasteiger partial charge is 0.306 e. The lowest BCUT2D eigenvalue weighted by molar-refractivity contribution is -0.870. The number of unbranched alkanes of at least 4 members (excludes halogenated alkanes) is 10. The maximum atomic E-state index is 12.9. The second-order valence-corrected chi connectivity index (χ2v) is 21.9. The van der Waals surface area contributed by atoms with Gasteiger partial charge in [-0.15, -0.1) is 0 Å². The molecule has 0 aliphatic carbocycles. The van der Waals surface area contributed by atoms with Crippen molar-refractivity contribution < 1.29 is 42.9 Å². The predicted octanol–water partition coefficient (Wildman–Crippen LogP) is 18.9. The highest BCUT2D eigenvalue weighted by Gasteiger charge is 2.22. The lowest BCUT2D eigenvalue weighted by atomic mass is 10.1. The molecule has 0 aliphatic rings. The highest BCUT2D eigenvalue weighted by Crippen LogP contribution is 2.13. The third-order valence-corrected chi connectivity index (χ3v) is 12.8. The number of aliphatic carboxylic acids is 1. The van der Waals surface area contributed by atoms with Crippen LogP contribution in [-0.2, 0) is 33.3 Å². The van der Waals surface area contributed by atoms with Crippen LogP contribution in [0.15, 0.2) is 194 Å². The molecule has 85 heavy (non-hydrogen) atoms. The van der Waals surface area contributed by atoms with E-state index in [2.05, 4.69) is 208 Å². The fourth-order valence-electron chi connectivity index (χ4n) is 7.92. The molecule has 0 heterocycles. The molecule has 474 valence electrons. The van der Waals surface area contributed by atoms with Crippen LogP contribution in [0.25, 0.3) is 0 Å². The monoisotopic (exact) mass is 1170 g/mol. The van der Waals surface area contributed by atoms with Crippen LogP contribution in [0.4, 0.5) is 0 Å². The Bertz CT molecular complexity index is 2090. The van der Waals surface area contributed by atoms with Gasteiger partial charge in [-0.2, -0.15) is 0 Å². The summed E-state index contributed by atoms with van der Waals surface area (Å²) in [5, 5.41) is 11.8. The van der Waals surface area contributed by atoms with E-state index < -0.39 is 24.3 Å². The first kappa shape index (κ1) is 79.1. The summed E-state index contributed by atoms with van der Waals surface area (Å²) in [6, 6.07) is 0. The number of quaternary nitrogens is 1. The van der Waals surface area contributed by atoms with Crippen molar-refractivity contribution in [2.45, 2.75) is 219 Å². The predicted molar refractivity (Wildman–Crippen MR) is 361 cm³/mol. The van der Waals surface area contributed by atoms with E-state index in [0.717, 1.165) is 167 Å². The summed E-state index contributed by atoms with van der Waals surface area (Å²) in [5.41, 5.74) is 0. The van der Waals surface area contributed by atoms with E-state index in [4.69, 9.17) is 18.9 Å². The summed E-state index contributed by atoms with van der Waals surface area (Å²) in [5.74, 6) is -2.36. The lowest BCUT2D eigenvalue weighted by Gasteiger charge is -2.26. The van der Waals surface area contributed by atoms with Gasteiger partial charge in [0, 0.05) is 12.8 Å². The van der Waals surface area contributed by atoms with Gasteiger partial charge in [0.05, 0.1) is 40.3 Å². The minimum Gasteiger partial charge on any atom is -0.545 e. The number of carbonyl (C=O) groups excluding carboxylic acids is 3. The molecule has 0 radical (unpaired) electrons. The Balaban J connectivity index is 4.28. The molecule has 0 aliphatic heterocycles. The lowest BCUT2D eigenvalue weighted by Crippen LogP contribution is -2.44. The fourth-order valence-corrected chi connectivity index (χ4v) is 7.92. The normalized spacial score (nSPS) is 14.0. The van der Waals surface area contributed by atoms with Crippen molar-refractivity contribution in [3.63, 3.8) is 0 Å². The Morgan fingerprint density at radius 3 is 0.941 bits per heavy atom. The molecular formula is C76H117NO8. The maximum absolute atomic E-state index is 12.9. The molecule has 9 heteroatoms. The van der Waals surface area contributed by atoms with Crippen molar-refractivity contribution in [1.82, 2.24) is 0 Å². The fraction of sp³-hybridized carbons (Fsp3) is 0.539. The second-order valence-electron chi connectivity index (χ2n) is 21.9. The van der Waals surface area contributed by atoms with Crippen molar-refractivity contribution in [2.75, 3.05) is 47.5 Å². The molecule has 0 aromatic rings. The van der Waals surface area contributed by atoms with Gasteiger partial charge in [0.1, 0.15) is 13.2 Å². The molecule has 0 bridgehead atoms. The first-order chi connectivity index (χ1) is 41.6. The van der Waals surface area contributed by atoms with E-state index in [1.807, 2.05) is 21.1 Å². The van der Waals surface area contributed by atoms with Crippen LogP contribution in [0, 0.1) is 0 Å². The number of carboxylic acid groups (broad SMARTS) is 1. The zero-order chi connectivity index (χ0) is 61.9. The number of carboxylic acids is 1. The Hall–Kier alpha value is -5.87. The van der Waals surface area contributed by atoms with Crippen molar-refractivity contribution >= 4 is 17.9 Å². The number of rotatable bonds is 57. The van der Waals surface area contributed by atoms with Gasteiger partial charge < -0.3 is 33.3 Å². The zero-order valence-electron chi connectivity index (χ0n) is 53.9. The number of ether oxygens (including phenoxy) is 4. The quantitative estimate of drug-likeness (QED) is 0.0195. The van der Waals surface area contributed by atoms with Crippen molar-refractivity contribution in [3.05, 3.63) is 194 Å². The highest BCUT2D eigenvalue weighted by molar-refractivity contribution is 5.70. The molecular weight excluding hydrogens is 1050 g/mol. The second kappa shape index (κ2) is 64.1. The van der Waals surface area contributed by atoms with E-state index in [1.54, 1.807) is 0 Å². The summed E-state index contributed by atoms with van der Waals surface area (Å²) in [7, 11) is 5.89. The average molecular weight is 1170 g/mol. The number of allylic oxidation sites excluding steroid dienone is 32. The molecule has 0 spiro atoms. The van der Waals surface area contributed by atoms with Gasteiger partial charge in [-0.05, 0) is 141 Å². The van der Waals surface area contributed by atoms with Crippen molar-refractivity contribution in [3.8, 4) is 0 Å². The van der Waals surface area contributed by atoms with Crippen molar-refractivity contribution in [1.29, 1.82) is 0 Å². The number of hydrogen-bond acceptors (Lipinski definition) is 8. The van der Waals surface area contributed by atoms with Crippen LogP contribution >= 0.6 is 0 Å². The first-order valence-corrected chi connectivity index (χ1v) is 32.6. The van der Waals surface area contributed by atoms with E-state index in [-0.39, 0.29) is 38.6 Å². The number of nitrogens with zero attached hydrogens (tertiary/aromatic N) is 1. The standard InChI is InChI=1S/C76H117NO8/c1-6-8-10-12-14-16-18-20-22-24-26-27-28-29-30-31-32-33-34-35-36-37-38-39-40-41-42-43-44-45-46-47-49-51-53-55-57-59-61-63-65-67-74(79)85-72(71-84-76(75(80)81)82-69-68-77(3,4)5)70-83-73(78)66-64-62-60-58-56-54-52-50-48-25-23-21-19-17-15-13-11-9-7-2/h8-11,14-17,20-23,26-27,29-30,32-33,35-36,38-39,41-42,44-45,47-50,53,55,72,76H,6-7,12-13,18-19,24-25,28,31,34,37,40,43,46,51-52,54,56-71H2,1-5H3/b10-8-,11-9-,16-14-,17-15-,22-20-,23-21-,27-26-,30-29-,33-32-,36-35-,39-38-,42-41-,45-44-,49-47-,50-48-,55-53-. The summed E-state index contributed by atoms with van der Waals surface area (Å²) < 4.78 is 22.7. The van der Waals surface area contributed by atoms with Gasteiger partial charge in [-0.1, -0.05) is 247 Å². The van der Waals surface area contributed by atoms with Crippen molar-refractivity contribution in [2.24, 2.45) is 0 Å². The number of hydrogen-bond donors (Lipinski definition) is 0. The summed E-state index contributed by atoms with van der Waals surface area (Å²) >= 11 is 0. The first-order valence-electron chi connectivity index (χ1n) is 32.6. The van der Waals surface area contributed by atoms with Crippen LogP contribution in [0.3, 0.4) is 0 Å². The van der Waals surface area contributed by atoms with Crippen LogP contribution in [-0.4, -0.2) is 82.3 Å². The zero-order valence-corrected chi connectivity index (χ0v) is 53.9. The highest BCUT2D eigenvalue weighted by atomic mass is 16.7. The van der Waals surface area contributed by atoms with E-state index >= 15 is 0 Å². The number of likely N-dealkylation sites (N-methyl/N-ethyl adjacent to an activating group) is 1. The van der Waals surface area contributed by atoms with Gasteiger partial charge in [-0.25, -0.2) is 0 Å². The van der Waals surface area contributed by atoms with Gasteiger partial charge in [0.25, 0.3) is 0 Å². The molecule has 2 unspecified atom stereocenters. The molecule has 0 rings (SSSR count). The van der Waals surface area contributed by atoms with Crippen LogP contribution in [0.2, 0.25) is 0 Å². The van der Waals surface area contributed by atoms with E-state index in [1.165, 1.54) is 0 Å². The van der Waals surface area contributed by atoms with E-state index in [9.17, 15) is 19.5 Å².